The van der Waals surface area contributed by atoms with Gasteiger partial charge in [-0.25, -0.2) is 0 Å². The SMILES string of the molecule is c1ccc(-c2ccc(N(c3ccccc3)c3ccc(-c4ccc5c(ccn5-c5ccc(-c6ccccc6)cc5)c4)cc3)cc2)cc1. The summed E-state index contributed by atoms with van der Waals surface area (Å²) in [5.74, 6) is 0. The number of anilines is 3. The minimum atomic E-state index is 1.12. The third-order valence-corrected chi connectivity index (χ3v) is 8.65. The van der Waals surface area contributed by atoms with Crippen molar-refractivity contribution in [1.29, 1.82) is 0 Å². The Hall–Kier alpha value is -6.12. The van der Waals surface area contributed by atoms with Gasteiger partial charge in [0.05, 0.1) is 5.52 Å². The minimum Gasteiger partial charge on any atom is -0.317 e. The fourth-order valence-corrected chi connectivity index (χ4v) is 6.25. The first kappa shape index (κ1) is 27.4. The van der Waals surface area contributed by atoms with Crippen LogP contribution in [-0.2, 0) is 0 Å². The van der Waals surface area contributed by atoms with Crippen molar-refractivity contribution in [1.82, 2.24) is 4.57 Å². The Bertz CT molecular complexity index is 2200. The van der Waals surface area contributed by atoms with E-state index in [1.165, 1.54) is 44.3 Å². The van der Waals surface area contributed by atoms with E-state index in [4.69, 9.17) is 0 Å². The van der Waals surface area contributed by atoms with Crippen LogP contribution < -0.4 is 4.90 Å². The van der Waals surface area contributed by atoms with E-state index in [0.717, 1.165) is 22.7 Å². The van der Waals surface area contributed by atoms with Gasteiger partial charge in [0.15, 0.2) is 0 Å². The summed E-state index contributed by atoms with van der Waals surface area (Å²) in [4.78, 5) is 2.31. The lowest BCUT2D eigenvalue weighted by Gasteiger charge is -2.26. The molecule has 0 aliphatic rings. The van der Waals surface area contributed by atoms with Crippen LogP contribution in [0.3, 0.4) is 0 Å². The molecule has 2 heteroatoms. The van der Waals surface area contributed by atoms with Crippen molar-refractivity contribution in [2.24, 2.45) is 0 Å². The van der Waals surface area contributed by atoms with E-state index in [9.17, 15) is 0 Å². The van der Waals surface area contributed by atoms with Crippen LogP contribution in [0, 0.1) is 0 Å². The molecular weight excluding hydrogens is 556 g/mol. The molecule has 0 aliphatic carbocycles. The normalized spacial score (nSPS) is 11.0. The monoisotopic (exact) mass is 588 g/mol. The maximum absolute atomic E-state index is 2.31. The molecule has 0 radical (unpaired) electrons. The van der Waals surface area contributed by atoms with Gasteiger partial charge in [-0.3, -0.25) is 0 Å². The maximum Gasteiger partial charge on any atom is 0.0528 e. The average Bonchev–Trinajstić information content (AvgIpc) is 3.57. The molecule has 0 saturated carbocycles. The molecule has 0 spiro atoms. The Balaban J connectivity index is 1.07. The molecular formula is C44H32N2. The van der Waals surface area contributed by atoms with E-state index < -0.39 is 0 Å². The summed E-state index contributed by atoms with van der Waals surface area (Å²) >= 11 is 0. The van der Waals surface area contributed by atoms with Gasteiger partial charge in [0.2, 0.25) is 0 Å². The molecule has 1 aromatic heterocycles. The molecule has 7 aromatic carbocycles. The fraction of sp³-hybridized carbons (Fsp3) is 0. The number of nitrogens with zero attached hydrogens (tertiary/aromatic N) is 2. The van der Waals surface area contributed by atoms with Crippen molar-refractivity contribution in [3.63, 3.8) is 0 Å². The number of rotatable bonds is 7. The summed E-state index contributed by atoms with van der Waals surface area (Å²) in [6.45, 7) is 0. The number of aromatic nitrogens is 1. The zero-order valence-electron chi connectivity index (χ0n) is 25.4. The van der Waals surface area contributed by atoms with Gasteiger partial charge in [-0.05, 0) is 100 Å². The lowest BCUT2D eigenvalue weighted by molar-refractivity contribution is 1.13. The summed E-state index contributed by atoms with van der Waals surface area (Å²) in [6.07, 6.45) is 2.16. The summed E-state index contributed by atoms with van der Waals surface area (Å²) in [5, 5.41) is 1.22. The third kappa shape index (κ3) is 5.38. The molecule has 1 heterocycles. The molecule has 0 saturated heterocycles. The van der Waals surface area contributed by atoms with Gasteiger partial charge in [0.1, 0.15) is 0 Å². The number of hydrogen-bond donors (Lipinski definition) is 0. The quantitative estimate of drug-likeness (QED) is 0.180. The first-order chi connectivity index (χ1) is 22.8. The smallest absolute Gasteiger partial charge is 0.0528 e. The largest absolute Gasteiger partial charge is 0.317 e. The van der Waals surface area contributed by atoms with Crippen LogP contribution in [0.25, 0.3) is 50.0 Å². The van der Waals surface area contributed by atoms with E-state index >= 15 is 0 Å². The molecule has 218 valence electrons. The number of fused-ring (bicyclic) bond motifs is 1. The highest BCUT2D eigenvalue weighted by Crippen LogP contribution is 2.37. The highest BCUT2D eigenvalue weighted by molar-refractivity contribution is 5.88. The Kier molecular flexibility index (Phi) is 7.22. The summed E-state index contributed by atoms with van der Waals surface area (Å²) < 4.78 is 2.26. The van der Waals surface area contributed by atoms with Crippen LogP contribution in [0.2, 0.25) is 0 Å². The predicted molar refractivity (Wildman–Crippen MR) is 194 cm³/mol. The Morgan fingerprint density at radius 3 is 1.28 bits per heavy atom. The molecule has 0 fully saturated rings. The standard InChI is InChI=1S/C44H32N2/c1-4-10-33(11-5-1)35-16-23-40(24-17-35)45-31-30-39-32-38(22-29-44(39)45)37-20-27-43(28-21-37)46(41-14-8-3-9-15-41)42-25-18-36(19-26-42)34-12-6-2-7-13-34/h1-32H. The van der Waals surface area contributed by atoms with E-state index in [2.05, 4.69) is 204 Å². The highest BCUT2D eigenvalue weighted by Gasteiger charge is 2.13. The second-order valence-electron chi connectivity index (χ2n) is 11.5. The van der Waals surface area contributed by atoms with Gasteiger partial charge < -0.3 is 9.47 Å². The Labute approximate surface area is 270 Å². The first-order valence-electron chi connectivity index (χ1n) is 15.7. The van der Waals surface area contributed by atoms with Crippen molar-refractivity contribution in [2.45, 2.75) is 0 Å². The van der Waals surface area contributed by atoms with Crippen LogP contribution in [0.1, 0.15) is 0 Å². The Morgan fingerprint density at radius 1 is 0.326 bits per heavy atom. The maximum atomic E-state index is 2.31. The van der Waals surface area contributed by atoms with Crippen LogP contribution >= 0.6 is 0 Å². The molecule has 0 N–H and O–H groups in total. The summed E-state index contributed by atoms with van der Waals surface area (Å²) in [7, 11) is 0. The molecule has 0 bridgehead atoms. The second kappa shape index (κ2) is 12.1. The molecule has 0 amide bonds. The van der Waals surface area contributed by atoms with Gasteiger partial charge in [-0.2, -0.15) is 0 Å². The zero-order chi connectivity index (χ0) is 30.7. The lowest BCUT2D eigenvalue weighted by atomic mass is 10.0. The van der Waals surface area contributed by atoms with Crippen molar-refractivity contribution >= 4 is 28.0 Å². The Morgan fingerprint density at radius 2 is 0.739 bits per heavy atom. The van der Waals surface area contributed by atoms with E-state index in [1.54, 1.807) is 0 Å². The average molecular weight is 589 g/mol. The van der Waals surface area contributed by atoms with Crippen molar-refractivity contribution in [2.75, 3.05) is 4.90 Å². The minimum absolute atomic E-state index is 1.12. The van der Waals surface area contributed by atoms with Gasteiger partial charge >= 0.3 is 0 Å². The molecule has 0 unspecified atom stereocenters. The van der Waals surface area contributed by atoms with Crippen molar-refractivity contribution < 1.29 is 0 Å². The number of para-hydroxylation sites is 1. The van der Waals surface area contributed by atoms with Gasteiger partial charge in [0, 0.05) is 34.3 Å². The molecule has 46 heavy (non-hydrogen) atoms. The molecule has 0 aliphatic heterocycles. The van der Waals surface area contributed by atoms with E-state index in [0.29, 0.717) is 0 Å². The van der Waals surface area contributed by atoms with Crippen LogP contribution in [0.15, 0.2) is 194 Å². The molecule has 8 rings (SSSR count). The zero-order valence-corrected chi connectivity index (χ0v) is 25.4. The fourth-order valence-electron chi connectivity index (χ4n) is 6.25. The van der Waals surface area contributed by atoms with Crippen LogP contribution in [0.5, 0.6) is 0 Å². The number of benzene rings is 7. The van der Waals surface area contributed by atoms with Crippen LogP contribution in [0.4, 0.5) is 17.1 Å². The van der Waals surface area contributed by atoms with Crippen LogP contribution in [-0.4, -0.2) is 4.57 Å². The van der Waals surface area contributed by atoms with E-state index in [1.807, 2.05) is 0 Å². The topological polar surface area (TPSA) is 8.17 Å². The van der Waals surface area contributed by atoms with Gasteiger partial charge in [-0.15, -0.1) is 0 Å². The third-order valence-electron chi connectivity index (χ3n) is 8.65. The summed E-state index contributed by atoms with van der Waals surface area (Å²) in [6, 6.07) is 67.0. The molecule has 0 atom stereocenters. The highest BCUT2D eigenvalue weighted by atomic mass is 15.1. The summed E-state index contributed by atoms with van der Waals surface area (Å²) in [5.41, 5.74) is 13.0. The first-order valence-corrected chi connectivity index (χ1v) is 15.7. The predicted octanol–water partition coefficient (Wildman–Crippen LogP) is 12.1. The van der Waals surface area contributed by atoms with E-state index in [-0.39, 0.29) is 0 Å². The van der Waals surface area contributed by atoms with Gasteiger partial charge in [0.25, 0.3) is 0 Å². The van der Waals surface area contributed by atoms with Gasteiger partial charge in [-0.1, -0.05) is 121 Å². The van der Waals surface area contributed by atoms with Crippen molar-refractivity contribution in [3.8, 4) is 39.1 Å². The number of hydrogen-bond acceptors (Lipinski definition) is 1. The molecule has 2 nitrogen and oxygen atoms in total. The van der Waals surface area contributed by atoms with Crippen molar-refractivity contribution in [3.05, 3.63) is 194 Å². The second-order valence-corrected chi connectivity index (χ2v) is 11.5. The lowest BCUT2D eigenvalue weighted by Crippen LogP contribution is -2.09. The molecule has 8 aromatic rings.